The Labute approximate surface area is 478 Å². The van der Waals surface area contributed by atoms with Crippen molar-refractivity contribution < 1.29 is 77.2 Å². The molecule has 0 saturated heterocycles. The number of hydrogen-bond donors (Lipinski definition) is 0. The molecule has 0 heterocycles. The number of aryl methyl sites for hydroxylation is 8. The van der Waals surface area contributed by atoms with Crippen LogP contribution in [-0.4, -0.2) is 0 Å². The van der Waals surface area contributed by atoms with Gasteiger partial charge in [-0.3, -0.25) is 0 Å². The average Bonchev–Trinajstić information content (AvgIpc) is 4.13. The molecular weight excluding hydrogens is 1070 g/mol. The molecule has 12 aromatic rings. The van der Waals surface area contributed by atoms with E-state index in [-0.39, 0.29) is 77.2 Å². The van der Waals surface area contributed by atoms with Crippen LogP contribution >= 0.6 is 0 Å². The van der Waals surface area contributed by atoms with Crippen LogP contribution in [0.1, 0.15) is 44.5 Å². The number of benzene rings is 8. The van der Waals surface area contributed by atoms with Crippen LogP contribution in [0.5, 0.6) is 0 Å². The molecule has 0 amide bonds. The summed E-state index contributed by atoms with van der Waals surface area (Å²) >= 11 is 0. The molecule has 0 aromatic heterocycles. The molecule has 0 aliphatic heterocycles. The third-order valence-corrected chi connectivity index (χ3v) is 12.7. The average molecular weight is 1130 g/mol. The topological polar surface area (TPSA) is 0 Å². The number of rotatable bonds is 4. The predicted octanol–water partition coefficient (Wildman–Crippen LogP) is 13.4. The molecule has 0 aliphatic carbocycles. The van der Waals surface area contributed by atoms with Crippen molar-refractivity contribution in [1.29, 1.82) is 0 Å². The van der Waals surface area contributed by atoms with Crippen molar-refractivity contribution in [2.24, 2.45) is 0 Å². The van der Waals surface area contributed by atoms with Gasteiger partial charge < -0.3 is 24.8 Å². The quantitative estimate of drug-likeness (QED) is 0.154. The van der Waals surface area contributed by atoms with Gasteiger partial charge in [-0.2, -0.15) is 0 Å². The summed E-state index contributed by atoms with van der Waals surface area (Å²) in [6, 6.07) is 79.1. The van der Waals surface area contributed by atoms with Crippen molar-refractivity contribution in [3.63, 3.8) is 0 Å². The molecule has 0 fully saturated rings. The molecule has 4 heteroatoms. The maximum atomic E-state index is 2.27. The van der Waals surface area contributed by atoms with E-state index in [9.17, 15) is 0 Å². The van der Waals surface area contributed by atoms with Gasteiger partial charge in [-0.05, 0) is 55.4 Å². The van der Waals surface area contributed by atoms with Gasteiger partial charge in [0.15, 0.2) is 0 Å². The van der Waals surface area contributed by atoms with Crippen LogP contribution in [0.3, 0.4) is 0 Å². The zero-order chi connectivity index (χ0) is 47.3. The monoisotopic (exact) mass is 1130 g/mol. The SMILES string of the molecule is Cc1cc(C)cc(-c2cc3ccccc3[cH-]2)c1.Cc1cc(C)cc(-c2cc3ccccc3[cH-]2)c1.Cc1cc(C)cc(-c2cc3ccccc3[cH-]2)c1.Cc1cc(C)cc(-c2cc3ccccc3[cH-]2)c1.[Cl-].[Cl-].[Zr+2].[Zr+2]. The molecule has 0 spiro atoms. The van der Waals surface area contributed by atoms with E-state index >= 15 is 0 Å². The largest absolute Gasteiger partial charge is 2.00 e. The molecule has 72 heavy (non-hydrogen) atoms. The van der Waals surface area contributed by atoms with Crippen LogP contribution in [0.2, 0.25) is 0 Å². The summed E-state index contributed by atoms with van der Waals surface area (Å²) in [4.78, 5) is 0. The summed E-state index contributed by atoms with van der Waals surface area (Å²) in [5, 5.41) is 10.6. The zero-order valence-electron chi connectivity index (χ0n) is 42.5. The summed E-state index contributed by atoms with van der Waals surface area (Å²) in [5.74, 6) is 0. The molecule has 12 rings (SSSR count). The summed E-state index contributed by atoms with van der Waals surface area (Å²) < 4.78 is 0. The first-order chi connectivity index (χ1) is 32.9. The van der Waals surface area contributed by atoms with Gasteiger partial charge in [0.05, 0.1) is 0 Å². The van der Waals surface area contributed by atoms with Crippen LogP contribution in [0, 0.1) is 55.4 Å². The summed E-state index contributed by atoms with van der Waals surface area (Å²) in [7, 11) is 0. The third kappa shape index (κ3) is 14.4. The molecule has 0 bridgehead atoms. The fraction of sp³-hybridized carbons (Fsp3) is 0.118. The molecule has 0 nitrogen and oxygen atoms in total. The molecule has 356 valence electrons. The molecular formula is C68H60Cl2Zr2-2. The molecule has 0 atom stereocenters. The number of fused-ring (bicyclic) bond motifs is 4. The minimum Gasteiger partial charge on any atom is -1.00 e. The molecule has 0 radical (unpaired) electrons. The van der Waals surface area contributed by atoms with Gasteiger partial charge in [0.2, 0.25) is 0 Å². The Morgan fingerprint density at radius 1 is 0.222 bits per heavy atom. The molecule has 0 saturated carbocycles. The minimum atomic E-state index is 0. The van der Waals surface area contributed by atoms with E-state index in [1.807, 2.05) is 0 Å². The van der Waals surface area contributed by atoms with Crippen molar-refractivity contribution in [3.05, 3.63) is 263 Å². The second-order valence-electron chi connectivity index (χ2n) is 19.0. The van der Waals surface area contributed by atoms with Crippen molar-refractivity contribution in [3.8, 4) is 44.5 Å². The molecule has 0 aliphatic rings. The van der Waals surface area contributed by atoms with Crippen LogP contribution < -0.4 is 24.8 Å². The molecule has 0 N–H and O–H groups in total. The summed E-state index contributed by atoms with van der Waals surface area (Å²) in [6.07, 6.45) is 0. The second kappa shape index (κ2) is 26.0. The van der Waals surface area contributed by atoms with E-state index in [0.717, 1.165) is 0 Å². The van der Waals surface area contributed by atoms with Gasteiger partial charge in [0.1, 0.15) is 0 Å². The third-order valence-electron chi connectivity index (χ3n) is 12.7. The van der Waals surface area contributed by atoms with E-state index < -0.39 is 0 Å². The molecule has 12 aromatic carbocycles. The Bertz CT molecular complexity index is 2980. The predicted molar refractivity (Wildman–Crippen MR) is 298 cm³/mol. The van der Waals surface area contributed by atoms with E-state index in [2.05, 4.69) is 274 Å². The van der Waals surface area contributed by atoms with Crippen LogP contribution in [-0.2, 0) is 52.4 Å². The Morgan fingerprint density at radius 2 is 0.389 bits per heavy atom. The summed E-state index contributed by atoms with van der Waals surface area (Å²) in [5.41, 5.74) is 21.1. The Hall–Kier alpha value is -5.45. The smallest absolute Gasteiger partial charge is 1.00 e. The van der Waals surface area contributed by atoms with Gasteiger partial charge >= 0.3 is 52.4 Å². The van der Waals surface area contributed by atoms with E-state index in [0.29, 0.717) is 0 Å². The first-order valence-electron chi connectivity index (χ1n) is 23.9. The van der Waals surface area contributed by atoms with Crippen LogP contribution in [0.15, 0.2) is 218 Å². The van der Waals surface area contributed by atoms with E-state index in [1.54, 1.807) is 0 Å². The van der Waals surface area contributed by atoms with Gasteiger partial charge in [-0.1, -0.05) is 212 Å². The minimum absolute atomic E-state index is 0. The standard InChI is InChI=1S/4C17H15.2ClH.2Zr/c4*1-12-7-13(2)9-16(8-12)17-10-14-5-3-4-6-15(14)11-17;;;;/h4*3-11H,1-2H3;2*1H;;/q4*-1;;;2*+2/p-2. The van der Waals surface area contributed by atoms with Gasteiger partial charge in [-0.25, -0.2) is 0 Å². The maximum Gasteiger partial charge on any atom is 2.00 e. The van der Waals surface area contributed by atoms with E-state index in [4.69, 9.17) is 0 Å². The Morgan fingerprint density at radius 3 is 0.556 bits per heavy atom. The molecule has 0 unspecified atom stereocenters. The van der Waals surface area contributed by atoms with Crippen molar-refractivity contribution in [1.82, 2.24) is 0 Å². The number of hydrogen-bond acceptors (Lipinski definition) is 0. The fourth-order valence-corrected chi connectivity index (χ4v) is 9.83. The first-order valence-corrected chi connectivity index (χ1v) is 23.9. The maximum absolute atomic E-state index is 2.27. The van der Waals surface area contributed by atoms with Crippen molar-refractivity contribution >= 4 is 43.1 Å². The zero-order valence-corrected chi connectivity index (χ0v) is 49.0. The van der Waals surface area contributed by atoms with E-state index in [1.165, 1.54) is 132 Å². The normalized spacial score (nSPS) is 10.3. The number of halogens is 2. The Balaban J connectivity index is 0.000000175. The Kier molecular flexibility index (Phi) is 20.7. The first kappa shape index (κ1) is 57.4. The fourth-order valence-electron chi connectivity index (χ4n) is 9.83. The summed E-state index contributed by atoms with van der Waals surface area (Å²) in [6.45, 7) is 17.2. The van der Waals surface area contributed by atoms with Crippen LogP contribution in [0.4, 0.5) is 0 Å². The van der Waals surface area contributed by atoms with Crippen LogP contribution in [0.25, 0.3) is 87.6 Å². The van der Waals surface area contributed by atoms with Gasteiger partial charge in [0.25, 0.3) is 0 Å². The van der Waals surface area contributed by atoms with Gasteiger partial charge in [-0.15, -0.1) is 138 Å². The second-order valence-corrected chi connectivity index (χ2v) is 19.0. The van der Waals surface area contributed by atoms with Crippen molar-refractivity contribution in [2.75, 3.05) is 0 Å². The van der Waals surface area contributed by atoms with Gasteiger partial charge in [0, 0.05) is 0 Å². The van der Waals surface area contributed by atoms with Crippen molar-refractivity contribution in [2.45, 2.75) is 55.4 Å².